The zero-order valence-corrected chi connectivity index (χ0v) is 17.9. The van der Waals surface area contributed by atoms with Crippen molar-refractivity contribution in [2.45, 2.75) is 18.6 Å². The van der Waals surface area contributed by atoms with Crippen LogP contribution in [-0.2, 0) is 9.59 Å². The van der Waals surface area contributed by atoms with Crippen LogP contribution in [0, 0.1) is 0 Å². The molecule has 2 N–H and O–H groups in total. The number of rotatable bonds is 4. The van der Waals surface area contributed by atoms with Crippen molar-refractivity contribution in [3.8, 4) is 0 Å². The average Bonchev–Trinajstić information content (AvgIpc) is 2.68. The molecule has 1 aliphatic heterocycles. The van der Waals surface area contributed by atoms with Gasteiger partial charge in [0.15, 0.2) is 5.17 Å². The maximum absolute atomic E-state index is 12.5. The summed E-state index contributed by atoms with van der Waals surface area (Å²) in [4.78, 5) is 24.5. The molecule has 6 nitrogen and oxygen atoms in total. The highest BCUT2D eigenvalue weighted by atomic mass is 79.9. The van der Waals surface area contributed by atoms with Crippen LogP contribution in [0.15, 0.2) is 63.2 Å². The van der Waals surface area contributed by atoms with Crippen molar-refractivity contribution < 1.29 is 9.59 Å². The van der Waals surface area contributed by atoms with E-state index in [9.17, 15) is 9.59 Å². The Kier molecular flexibility index (Phi) is 6.88. The first kappa shape index (κ1) is 20.6. The fourth-order valence-electron chi connectivity index (χ4n) is 2.36. The van der Waals surface area contributed by atoms with Crippen LogP contribution in [0.4, 0.5) is 5.69 Å². The number of amidine groups is 1. The van der Waals surface area contributed by atoms with Gasteiger partial charge in [-0.2, -0.15) is 5.10 Å². The summed E-state index contributed by atoms with van der Waals surface area (Å²) in [6.07, 6.45) is 0.0753. The minimum Gasteiger partial charge on any atom is -0.325 e. The zero-order chi connectivity index (χ0) is 20.1. The van der Waals surface area contributed by atoms with Crippen LogP contribution in [-0.4, -0.2) is 27.9 Å². The lowest BCUT2D eigenvalue weighted by Crippen LogP contribution is -2.41. The molecule has 0 bridgehead atoms. The number of carbonyl (C=O) groups excluding carboxylic acids is 2. The van der Waals surface area contributed by atoms with Crippen molar-refractivity contribution in [1.29, 1.82) is 0 Å². The molecule has 2 aromatic carbocycles. The lowest BCUT2D eigenvalue weighted by Gasteiger charge is -2.21. The lowest BCUT2D eigenvalue weighted by atomic mass is 10.1. The molecule has 1 aliphatic rings. The van der Waals surface area contributed by atoms with Crippen LogP contribution >= 0.6 is 39.3 Å². The van der Waals surface area contributed by atoms with Crippen LogP contribution in [0.3, 0.4) is 0 Å². The van der Waals surface area contributed by atoms with Gasteiger partial charge < -0.3 is 10.6 Å². The summed E-state index contributed by atoms with van der Waals surface area (Å²) >= 11 is 10.4. The van der Waals surface area contributed by atoms with E-state index in [0.717, 1.165) is 10.0 Å². The molecule has 3 rings (SSSR count). The summed E-state index contributed by atoms with van der Waals surface area (Å²) in [7, 11) is 0. The smallest absolute Gasteiger partial charge is 0.238 e. The molecule has 2 aromatic rings. The highest BCUT2D eigenvalue weighted by Crippen LogP contribution is 2.23. The molecule has 2 amide bonds. The van der Waals surface area contributed by atoms with E-state index in [0.29, 0.717) is 21.6 Å². The molecule has 0 aromatic heterocycles. The van der Waals surface area contributed by atoms with Crippen LogP contribution < -0.4 is 10.6 Å². The van der Waals surface area contributed by atoms with Gasteiger partial charge in [0.05, 0.1) is 5.71 Å². The molecule has 0 aliphatic carbocycles. The Morgan fingerprint density at radius 2 is 1.89 bits per heavy atom. The fraction of sp³-hybridized carbons (Fsp3) is 0.158. The minimum absolute atomic E-state index is 0.0753. The largest absolute Gasteiger partial charge is 0.325 e. The molecule has 0 unspecified atom stereocenters. The van der Waals surface area contributed by atoms with Gasteiger partial charge in [-0.05, 0) is 48.9 Å². The Morgan fingerprint density at radius 1 is 1.21 bits per heavy atom. The molecule has 1 heterocycles. The maximum Gasteiger partial charge on any atom is 0.238 e. The fourth-order valence-corrected chi connectivity index (χ4v) is 3.69. The molecule has 9 heteroatoms. The third-order valence-electron chi connectivity index (χ3n) is 3.83. The molecule has 1 saturated heterocycles. The highest BCUT2D eigenvalue weighted by molar-refractivity contribution is 9.10. The number of nitrogens with one attached hydrogen (secondary N) is 2. The van der Waals surface area contributed by atoms with Gasteiger partial charge in [0.1, 0.15) is 5.25 Å². The number of benzene rings is 2. The summed E-state index contributed by atoms with van der Waals surface area (Å²) in [5.74, 6) is -0.527. The summed E-state index contributed by atoms with van der Waals surface area (Å²) in [6, 6.07) is 14.4. The van der Waals surface area contributed by atoms with Gasteiger partial charge in [-0.15, -0.1) is 5.10 Å². The SMILES string of the molecule is C/C(=N/N=C1/NC(=O)C[C@@H](C(=O)Nc2ccc(Br)cc2)S1)c1ccc(Cl)cc1. The number of amides is 2. The van der Waals surface area contributed by atoms with Crippen LogP contribution in [0.1, 0.15) is 18.9 Å². The standard InChI is InChI=1S/C19H16BrClN4O2S/c1-11(12-2-6-14(21)7-3-12)24-25-19-23-17(26)10-16(28-19)18(27)22-15-8-4-13(20)5-9-15/h2-9,16H,10H2,1H3,(H,22,27)(H,23,25,26)/b24-11-/t16-/m0/s1. The second kappa shape index (κ2) is 9.36. The topological polar surface area (TPSA) is 82.9 Å². The molecule has 144 valence electrons. The van der Waals surface area contributed by atoms with Crippen LogP contribution in [0.5, 0.6) is 0 Å². The zero-order valence-electron chi connectivity index (χ0n) is 14.8. The van der Waals surface area contributed by atoms with E-state index in [1.54, 1.807) is 31.2 Å². The van der Waals surface area contributed by atoms with Crippen molar-refractivity contribution in [2.24, 2.45) is 10.2 Å². The number of hydrogen-bond donors (Lipinski definition) is 2. The maximum atomic E-state index is 12.5. The first-order chi connectivity index (χ1) is 13.4. The molecule has 0 spiro atoms. The number of thioether (sulfide) groups is 1. The summed E-state index contributed by atoms with van der Waals surface area (Å²) in [5, 5.41) is 14.1. The number of anilines is 1. The van der Waals surface area contributed by atoms with E-state index in [-0.39, 0.29) is 18.2 Å². The summed E-state index contributed by atoms with van der Waals surface area (Å²) in [5.41, 5.74) is 2.20. The van der Waals surface area contributed by atoms with E-state index in [2.05, 4.69) is 36.8 Å². The predicted molar refractivity (Wildman–Crippen MR) is 118 cm³/mol. The van der Waals surface area contributed by atoms with E-state index < -0.39 is 5.25 Å². The molecule has 0 radical (unpaired) electrons. The Hall–Kier alpha value is -2.16. The summed E-state index contributed by atoms with van der Waals surface area (Å²) < 4.78 is 0.917. The van der Waals surface area contributed by atoms with Gasteiger partial charge in [-0.25, -0.2) is 0 Å². The number of hydrogen-bond acceptors (Lipinski definition) is 5. The number of nitrogens with zero attached hydrogens (tertiary/aromatic N) is 2. The van der Waals surface area contributed by atoms with Gasteiger partial charge in [0.25, 0.3) is 0 Å². The van der Waals surface area contributed by atoms with Crippen LogP contribution in [0.2, 0.25) is 5.02 Å². The van der Waals surface area contributed by atoms with Gasteiger partial charge in [0.2, 0.25) is 11.8 Å². The van der Waals surface area contributed by atoms with E-state index in [4.69, 9.17) is 11.6 Å². The molecule has 1 atom stereocenters. The van der Waals surface area contributed by atoms with Crippen LogP contribution in [0.25, 0.3) is 0 Å². The molecule has 1 fully saturated rings. The Morgan fingerprint density at radius 3 is 2.57 bits per heavy atom. The lowest BCUT2D eigenvalue weighted by molar-refractivity contribution is -0.123. The van der Waals surface area contributed by atoms with Gasteiger partial charge in [-0.3, -0.25) is 9.59 Å². The van der Waals surface area contributed by atoms with E-state index >= 15 is 0 Å². The van der Waals surface area contributed by atoms with E-state index in [1.165, 1.54) is 11.8 Å². The second-order valence-electron chi connectivity index (χ2n) is 5.95. The Balaban J connectivity index is 1.69. The Labute approximate surface area is 180 Å². The van der Waals surface area contributed by atoms with Gasteiger partial charge in [-0.1, -0.05) is 51.4 Å². The van der Waals surface area contributed by atoms with Gasteiger partial charge >= 0.3 is 0 Å². The normalized spacial score (nSPS) is 18.7. The average molecular weight is 480 g/mol. The molecular formula is C19H16BrClN4O2S. The second-order valence-corrected chi connectivity index (χ2v) is 8.50. The molecule has 0 saturated carbocycles. The van der Waals surface area contributed by atoms with E-state index in [1.807, 2.05) is 24.3 Å². The minimum atomic E-state index is -0.581. The third kappa shape index (κ3) is 5.67. The van der Waals surface area contributed by atoms with Crippen molar-refractivity contribution in [3.05, 3.63) is 63.6 Å². The molecule has 28 heavy (non-hydrogen) atoms. The third-order valence-corrected chi connectivity index (χ3v) is 5.68. The number of halogens is 2. The number of carbonyl (C=O) groups is 2. The highest BCUT2D eigenvalue weighted by Gasteiger charge is 2.30. The van der Waals surface area contributed by atoms with Crippen molar-refractivity contribution in [1.82, 2.24) is 5.32 Å². The monoisotopic (exact) mass is 478 g/mol. The molecular weight excluding hydrogens is 464 g/mol. The summed E-state index contributed by atoms with van der Waals surface area (Å²) in [6.45, 7) is 1.81. The van der Waals surface area contributed by atoms with Crippen molar-refractivity contribution >= 4 is 67.7 Å². The van der Waals surface area contributed by atoms with Gasteiger partial charge in [0, 0.05) is 21.6 Å². The first-order valence-electron chi connectivity index (χ1n) is 8.32. The van der Waals surface area contributed by atoms with Crippen molar-refractivity contribution in [3.63, 3.8) is 0 Å². The van der Waals surface area contributed by atoms with Crippen molar-refractivity contribution in [2.75, 3.05) is 5.32 Å². The predicted octanol–water partition coefficient (Wildman–Crippen LogP) is 4.44. The quantitative estimate of drug-likeness (QED) is 0.502. The first-order valence-corrected chi connectivity index (χ1v) is 10.4. The Bertz CT molecular complexity index is 945.